The van der Waals surface area contributed by atoms with Crippen LogP contribution in [0.3, 0.4) is 0 Å². The van der Waals surface area contributed by atoms with Crippen molar-refractivity contribution in [2.75, 3.05) is 47.0 Å². The first-order valence-corrected chi connectivity index (χ1v) is 22.5. The van der Waals surface area contributed by atoms with Gasteiger partial charge in [0.05, 0.1) is 39.6 Å². The Kier molecular flexibility index (Phi) is 17.1. The molecular weight excluding hydrogens is 958 g/mol. The number of carbonyl (C=O) groups is 6. The lowest BCUT2D eigenvalue weighted by molar-refractivity contribution is -0.384. The number of nitrogen functional groups attached to an aromatic ring is 1. The van der Waals surface area contributed by atoms with Gasteiger partial charge in [0.2, 0.25) is 0 Å². The molecule has 4 aliphatic rings. The topological polar surface area (TPSA) is 286 Å². The molecule has 368 valence electrons. The monoisotopic (exact) mass is 1000 g/mol. The normalized spacial score (nSPS) is 15.7. The van der Waals surface area contributed by atoms with Crippen LogP contribution in [0.5, 0.6) is 5.75 Å². The van der Waals surface area contributed by atoms with Gasteiger partial charge in [-0.25, -0.2) is 29.0 Å². The number of terminal acetylenes is 2. The molecule has 5 aromatic carbocycles. The molecule has 0 unspecified atom stereocenters. The smallest absolute Gasteiger partial charge is 0.409 e. The fourth-order valence-electron chi connectivity index (χ4n) is 8.01. The summed E-state index contributed by atoms with van der Waals surface area (Å²) in [4.78, 5) is 86.8. The fraction of sp³-hybridized carbons (Fsp3) is 0.192. The lowest BCUT2D eigenvalue weighted by Gasteiger charge is -2.37. The molecule has 4 saturated heterocycles. The highest BCUT2D eigenvalue weighted by molar-refractivity contribution is 6.61. The van der Waals surface area contributed by atoms with Crippen LogP contribution < -0.4 is 41.5 Å². The van der Waals surface area contributed by atoms with Crippen LogP contribution in [0, 0.1) is 57.5 Å². The zero-order valence-electron chi connectivity index (χ0n) is 38.7. The second kappa shape index (κ2) is 23.7. The summed E-state index contributed by atoms with van der Waals surface area (Å²) in [6.07, 6.45) is 12.3. The number of urea groups is 3. The van der Waals surface area contributed by atoms with Gasteiger partial charge in [0.25, 0.3) is 17.5 Å². The van der Waals surface area contributed by atoms with E-state index in [0.717, 1.165) is 15.4 Å². The molecule has 5 aromatic rings. The Bertz CT molecular complexity index is 3120. The van der Waals surface area contributed by atoms with E-state index in [1.807, 2.05) is 24.3 Å². The molecule has 0 aliphatic carbocycles. The van der Waals surface area contributed by atoms with Gasteiger partial charge in [-0.05, 0) is 124 Å². The first kappa shape index (κ1) is 52.6. The van der Waals surface area contributed by atoms with E-state index in [9.17, 15) is 38.9 Å². The average molecular weight is 1000 g/mol. The van der Waals surface area contributed by atoms with Crippen LogP contribution in [0.25, 0.3) is 0 Å². The van der Waals surface area contributed by atoms with Gasteiger partial charge in [-0.3, -0.25) is 19.7 Å². The number of nitro benzene ring substituents is 1. The van der Waals surface area contributed by atoms with Crippen LogP contribution in [-0.2, 0) is 9.59 Å². The summed E-state index contributed by atoms with van der Waals surface area (Å²) in [5.74, 6) is 4.59. The lowest BCUT2D eigenvalue weighted by atomic mass is 9.87. The van der Waals surface area contributed by atoms with E-state index in [4.69, 9.17) is 40.7 Å². The van der Waals surface area contributed by atoms with Gasteiger partial charge in [0.1, 0.15) is 16.8 Å². The third kappa shape index (κ3) is 12.9. The molecule has 8 amide bonds. The number of carbonyl (C=O) groups excluding carboxylic acids is 6. The number of benzene rings is 5. The van der Waals surface area contributed by atoms with E-state index in [2.05, 4.69) is 37.8 Å². The third-order valence-corrected chi connectivity index (χ3v) is 11.8. The van der Waals surface area contributed by atoms with Crippen molar-refractivity contribution in [3.63, 3.8) is 0 Å². The highest BCUT2D eigenvalue weighted by Crippen LogP contribution is 2.34. The molecule has 9 rings (SSSR count). The number of nitrogens with two attached hydrogens (primary N) is 1. The Balaban J connectivity index is 0.000000176. The number of nitriles is 2. The Hall–Kier alpha value is -9.73. The number of imide groups is 2. The number of hydrogen-bond donors (Lipinski definition) is 5. The molecule has 6 N–H and O–H groups in total. The molecule has 2 spiro atoms. The number of rotatable bonds is 5. The van der Waals surface area contributed by atoms with E-state index in [1.165, 1.54) is 30.3 Å². The van der Waals surface area contributed by atoms with Gasteiger partial charge in [0, 0.05) is 59.3 Å². The number of piperidine rings is 2. The lowest BCUT2D eigenvalue weighted by Crippen LogP contribution is -2.56. The SMILES string of the molecule is C#Cc1cccc(N)c1.C#Cc1cccc(NC(=O)N2CCC3(CC2)NC(=O)N(c2cccc(C#N)c2)C3=O)c1.N#Cc1cccc(N2C(=O)NC3(CCNCC3)C2=O)c1.O=C(Cl)Oc1ccc([N+](=O)[O-])cc1. The summed E-state index contributed by atoms with van der Waals surface area (Å²) in [5.41, 5.74) is 6.93. The third-order valence-electron chi connectivity index (χ3n) is 11.7. The van der Waals surface area contributed by atoms with Crippen LogP contribution in [0.4, 0.5) is 47.6 Å². The van der Waals surface area contributed by atoms with Crippen LogP contribution in [0.15, 0.2) is 121 Å². The van der Waals surface area contributed by atoms with Gasteiger partial charge in [-0.15, -0.1) is 12.8 Å². The summed E-state index contributed by atoms with van der Waals surface area (Å²) in [5, 5.41) is 39.8. The maximum Gasteiger partial charge on any atom is 0.409 e. The number of nitrogens with one attached hydrogen (secondary N) is 4. The minimum Gasteiger partial charge on any atom is -0.414 e. The Morgan fingerprint density at radius 3 is 1.64 bits per heavy atom. The summed E-state index contributed by atoms with van der Waals surface area (Å²) >= 11 is 4.92. The van der Waals surface area contributed by atoms with Crippen LogP contribution in [0.1, 0.15) is 47.9 Å². The van der Waals surface area contributed by atoms with E-state index in [1.54, 1.807) is 83.8 Å². The van der Waals surface area contributed by atoms with Crippen molar-refractivity contribution >= 4 is 75.4 Å². The highest BCUT2D eigenvalue weighted by Gasteiger charge is 2.54. The molecule has 0 atom stereocenters. The molecule has 73 heavy (non-hydrogen) atoms. The number of halogens is 1. The predicted molar refractivity (Wildman–Crippen MR) is 270 cm³/mol. The van der Waals surface area contributed by atoms with Crippen molar-refractivity contribution in [1.29, 1.82) is 10.5 Å². The van der Waals surface area contributed by atoms with Gasteiger partial charge in [0.15, 0.2) is 0 Å². The number of hydrogen-bond acceptors (Lipinski definition) is 13. The summed E-state index contributed by atoms with van der Waals surface area (Å²) in [6.45, 7) is 2.02. The van der Waals surface area contributed by atoms with Gasteiger partial charge < -0.3 is 36.6 Å². The van der Waals surface area contributed by atoms with E-state index >= 15 is 0 Å². The molecule has 21 heteroatoms. The van der Waals surface area contributed by atoms with Crippen molar-refractivity contribution < 1.29 is 38.4 Å². The Morgan fingerprint density at radius 1 is 0.699 bits per heavy atom. The largest absolute Gasteiger partial charge is 0.414 e. The zero-order chi connectivity index (χ0) is 52.7. The van der Waals surface area contributed by atoms with Crippen molar-refractivity contribution in [2.45, 2.75) is 36.8 Å². The number of nitrogens with zero attached hydrogens (tertiary/aromatic N) is 6. The Morgan fingerprint density at radius 2 is 1.18 bits per heavy atom. The van der Waals surface area contributed by atoms with Crippen LogP contribution in [-0.4, -0.2) is 82.4 Å². The van der Waals surface area contributed by atoms with Crippen molar-refractivity contribution in [3.8, 4) is 42.6 Å². The molecule has 4 fully saturated rings. The maximum atomic E-state index is 13.2. The molecule has 0 aromatic heterocycles. The van der Waals surface area contributed by atoms with Crippen molar-refractivity contribution in [1.82, 2.24) is 20.9 Å². The summed E-state index contributed by atoms with van der Waals surface area (Å²) in [7, 11) is 0. The zero-order valence-corrected chi connectivity index (χ0v) is 39.4. The predicted octanol–water partition coefficient (Wildman–Crippen LogP) is 6.98. The number of nitro groups is 1. The maximum absolute atomic E-state index is 13.2. The quantitative estimate of drug-likeness (QED) is 0.0297. The van der Waals surface area contributed by atoms with Crippen LogP contribution >= 0.6 is 11.6 Å². The second-order valence-electron chi connectivity index (χ2n) is 16.4. The highest BCUT2D eigenvalue weighted by atomic mass is 35.5. The molecule has 4 heterocycles. The number of anilines is 4. The minimum atomic E-state index is -1.06. The van der Waals surface area contributed by atoms with Crippen LogP contribution in [0.2, 0.25) is 0 Å². The van der Waals surface area contributed by atoms with Gasteiger partial charge >= 0.3 is 23.5 Å². The molecule has 0 radical (unpaired) electrons. The first-order chi connectivity index (χ1) is 35.0. The molecule has 0 bridgehead atoms. The van der Waals surface area contributed by atoms with Gasteiger partial charge in [-0.2, -0.15) is 10.5 Å². The molecular formula is C52H44ClN11O9. The molecule has 4 aliphatic heterocycles. The first-order valence-electron chi connectivity index (χ1n) is 22.1. The minimum absolute atomic E-state index is 0.0747. The number of ether oxygens (including phenoxy) is 1. The van der Waals surface area contributed by atoms with E-state index < -0.39 is 33.5 Å². The molecule has 0 saturated carbocycles. The number of non-ortho nitro benzene ring substituents is 1. The Labute approximate surface area is 423 Å². The number of likely N-dealkylation sites (tertiary alicyclic amines) is 1. The van der Waals surface area contributed by atoms with E-state index in [0.29, 0.717) is 91.3 Å². The number of amides is 8. The van der Waals surface area contributed by atoms with Crippen molar-refractivity contribution in [2.24, 2.45) is 0 Å². The standard InChI is InChI=1S/C23H19N5O3.C14H14N4O2.C8H7N.C7H4ClNO4/c1-2-16-5-3-7-18(13-16)25-21(30)27-11-9-23(10-12-27)20(29)28(22(31)26-23)19-8-4-6-17(14-19)15-24;15-9-10-2-1-3-11(8-10)18-12(19)14(17-13(18)20)4-6-16-7-5-14;1-2-7-4-3-5-8(9)6-7;8-7(10)13-6-3-1-5(2-4-6)9(11)12/h1,3-8,13-14H,9-12H2,(H,25,30)(H,26,31);1-3,8,16H,4-7H2,(H,17,20);1,3-6H,9H2;1-4H. The molecule has 20 nitrogen and oxygen atoms in total. The van der Waals surface area contributed by atoms with E-state index in [-0.39, 0.29) is 29.3 Å². The summed E-state index contributed by atoms with van der Waals surface area (Å²) in [6, 6.07) is 34.9. The second-order valence-corrected chi connectivity index (χ2v) is 16.7. The summed E-state index contributed by atoms with van der Waals surface area (Å²) < 4.78 is 4.45. The fourth-order valence-corrected chi connectivity index (χ4v) is 8.10. The van der Waals surface area contributed by atoms with Gasteiger partial charge in [-0.1, -0.05) is 36.1 Å². The average Bonchev–Trinajstić information content (AvgIpc) is 3.78. The van der Waals surface area contributed by atoms with Crippen molar-refractivity contribution in [3.05, 3.63) is 154 Å².